The van der Waals surface area contributed by atoms with Crippen molar-refractivity contribution in [3.05, 3.63) is 18.0 Å². The SMILES string of the molecule is CC(N)C(c1cnn(C)c1)N1CCCC(C(F)(F)F)C1. The van der Waals surface area contributed by atoms with Crippen molar-refractivity contribution in [2.45, 2.75) is 38.0 Å². The number of hydrogen-bond acceptors (Lipinski definition) is 3. The van der Waals surface area contributed by atoms with E-state index in [1.165, 1.54) is 0 Å². The summed E-state index contributed by atoms with van der Waals surface area (Å²) in [4.78, 5) is 1.85. The molecule has 2 N–H and O–H groups in total. The molecule has 3 atom stereocenters. The third-order valence-corrected chi connectivity index (χ3v) is 3.87. The highest BCUT2D eigenvalue weighted by atomic mass is 19.4. The van der Waals surface area contributed by atoms with Gasteiger partial charge in [0.25, 0.3) is 0 Å². The van der Waals surface area contributed by atoms with Crippen molar-refractivity contribution in [2.75, 3.05) is 13.1 Å². The number of aryl methyl sites for hydroxylation is 1. The molecule has 2 heterocycles. The molecule has 1 aromatic rings. The van der Waals surface area contributed by atoms with E-state index in [1.807, 2.05) is 18.0 Å². The molecule has 1 saturated heterocycles. The van der Waals surface area contributed by atoms with Crippen LogP contribution in [0.25, 0.3) is 0 Å². The van der Waals surface area contributed by atoms with Gasteiger partial charge in [-0.1, -0.05) is 0 Å². The topological polar surface area (TPSA) is 47.1 Å². The molecule has 4 nitrogen and oxygen atoms in total. The van der Waals surface area contributed by atoms with Gasteiger partial charge in [-0.25, -0.2) is 0 Å². The molecule has 0 aromatic carbocycles. The molecule has 1 fully saturated rings. The van der Waals surface area contributed by atoms with Gasteiger partial charge >= 0.3 is 6.18 Å². The van der Waals surface area contributed by atoms with E-state index >= 15 is 0 Å². The summed E-state index contributed by atoms with van der Waals surface area (Å²) < 4.78 is 40.4. The molecule has 0 saturated carbocycles. The van der Waals surface area contributed by atoms with Crippen LogP contribution in [0.5, 0.6) is 0 Å². The van der Waals surface area contributed by atoms with E-state index in [2.05, 4.69) is 5.10 Å². The summed E-state index contributed by atoms with van der Waals surface area (Å²) in [5.74, 6) is -1.26. The van der Waals surface area contributed by atoms with E-state index < -0.39 is 12.1 Å². The van der Waals surface area contributed by atoms with Gasteiger partial charge in [0, 0.05) is 31.4 Å². The van der Waals surface area contributed by atoms with Crippen molar-refractivity contribution >= 4 is 0 Å². The second kappa shape index (κ2) is 5.73. The van der Waals surface area contributed by atoms with Gasteiger partial charge < -0.3 is 5.73 Å². The monoisotopic (exact) mass is 290 g/mol. The van der Waals surface area contributed by atoms with Gasteiger partial charge in [-0.3, -0.25) is 9.58 Å². The second-order valence-corrected chi connectivity index (χ2v) is 5.63. The van der Waals surface area contributed by atoms with Crippen LogP contribution >= 0.6 is 0 Å². The summed E-state index contributed by atoms with van der Waals surface area (Å²) in [6.45, 7) is 2.49. The molecule has 0 spiro atoms. The molecule has 114 valence electrons. The normalized spacial score (nSPS) is 24.6. The molecule has 0 radical (unpaired) electrons. The first-order valence-corrected chi connectivity index (χ1v) is 6.84. The number of hydrogen-bond donors (Lipinski definition) is 1. The van der Waals surface area contributed by atoms with Gasteiger partial charge in [-0.15, -0.1) is 0 Å². The summed E-state index contributed by atoms with van der Waals surface area (Å²) in [6.07, 6.45) is 0.138. The summed E-state index contributed by atoms with van der Waals surface area (Å²) >= 11 is 0. The maximum absolute atomic E-state index is 12.9. The summed E-state index contributed by atoms with van der Waals surface area (Å²) in [5, 5.41) is 4.09. The van der Waals surface area contributed by atoms with E-state index in [4.69, 9.17) is 5.73 Å². The van der Waals surface area contributed by atoms with Crippen LogP contribution in [0.15, 0.2) is 12.4 Å². The zero-order valence-electron chi connectivity index (χ0n) is 11.8. The van der Waals surface area contributed by atoms with E-state index in [-0.39, 0.29) is 25.0 Å². The fraction of sp³-hybridized carbons (Fsp3) is 0.769. The van der Waals surface area contributed by atoms with Crippen LogP contribution in [-0.4, -0.2) is 40.0 Å². The van der Waals surface area contributed by atoms with E-state index in [1.54, 1.807) is 17.9 Å². The van der Waals surface area contributed by atoms with Crippen LogP contribution in [0.1, 0.15) is 31.4 Å². The van der Waals surface area contributed by atoms with Crippen molar-refractivity contribution in [3.63, 3.8) is 0 Å². The van der Waals surface area contributed by atoms with Gasteiger partial charge in [0.2, 0.25) is 0 Å². The molecular formula is C13H21F3N4. The van der Waals surface area contributed by atoms with Crippen molar-refractivity contribution < 1.29 is 13.2 Å². The summed E-state index contributed by atoms with van der Waals surface area (Å²) in [5.41, 5.74) is 6.88. The Hall–Kier alpha value is -1.08. The molecule has 2 rings (SSSR count). The standard InChI is InChI=1S/C13H21F3N4/c1-9(17)12(10-6-18-19(2)7-10)20-5-3-4-11(8-20)13(14,15)16/h6-7,9,11-12H,3-5,8,17H2,1-2H3. The highest BCUT2D eigenvalue weighted by Gasteiger charge is 2.43. The Morgan fingerprint density at radius 1 is 1.45 bits per heavy atom. The Morgan fingerprint density at radius 2 is 2.15 bits per heavy atom. The summed E-state index contributed by atoms with van der Waals surface area (Å²) in [6, 6.07) is -0.458. The average Bonchev–Trinajstić information content (AvgIpc) is 2.74. The van der Waals surface area contributed by atoms with Crippen LogP contribution in [-0.2, 0) is 7.05 Å². The Bertz CT molecular complexity index is 441. The van der Waals surface area contributed by atoms with Gasteiger partial charge in [0.1, 0.15) is 0 Å². The maximum Gasteiger partial charge on any atom is 0.393 e. The zero-order valence-corrected chi connectivity index (χ0v) is 11.8. The maximum atomic E-state index is 12.9. The van der Waals surface area contributed by atoms with Gasteiger partial charge in [0.05, 0.1) is 18.2 Å². The van der Waals surface area contributed by atoms with E-state index in [0.29, 0.717) is 13.0 Å². The number of piperidine rings is 1. The Labute approximate surface area is 116 Å². The molecular weight excluding hydrogens is 269 g/mol. The zero-order chi connectivity index (χ0) is 14.9. The number of likely N-dealkylation sites (tertiary alicyclic amines) is 1. The minimum Gasteiger partial charge on any atom is -0.326 e. The van der Waals surface area contributed by atoms with Crippen LogP contribution in [0.2, 0.25) is 0 Å². The minimum absolute atomic E-state index is 0.0185. The van der Waals surface area contributed by atoms with Gasteiger partial charge in [-0.05, 0) is 26.3 Å². The molecule has 7 heteroatoms. The summed E-state index contributed by atoms with van der Waals surface area (Å²) in [7, 11) is 1.79. The molecule has 0 aliphatic carbocycles. The fourth-order valence-electron chi connectivity index (χ4n) is 2.97. The smallest absolute Gasteiger partial charge is 0.326 e. The lowest BCUT2D eigenvalue weighted by molar-refractivity contribution is -0.189. The third kappa shape index (κ3) is 3.32. The van der Waals surface area contributed by atoms with Crippen molar-refractivity contribution in [1.82, 2.24) is 14.7 Å². The van der Waals surface area contributed by atoms with Gasteiger partial charge in [0.15, 0.2) is 0 Å². The number of nitrogens with zero attached hydrogens (tertiary/aromatic N) is 3. The number of halogens is 3. The molecule has 1 aliphatic heterocycles. The third-order valence-electron chi connectivity index (χ3n) is 3.87. The quantitative estimate of drug-likeness (QED) is 0.927. The Balaban J connectivity index is 2.17. The van der Waals surface area contributed by atoms with Crippen molar-refractivity contribution in [2.24, 2.45) is 18.7 Å². The number of aromatic nitrogens is 2. The second-order valence-electron chi connectivity index (χ2n) is 5.63. The first-order valence-electron chi connectivity index (χ1n) is 6.84. The molecule has 0 amide bonds. The molecule has 0 bridgehead atoms. The molecule has 1 aromatic heterocycles. The number of rotatable bonds is 3. The number of alkyl halides is 3. The largest absolute Gasteiger partial charge is 0.393 e. The fourth-order valence-corrected chi connectivity index (χ4v) is 2.97. The van der Waals surface area contributed by atoms with E-state index in [9.17, 15) is 13.2 Å². The Morgan fingerprint density at radius 3 is 2.65 bits per heavy atom. The highest BCUT2D eigenvalue weighted by Crippen LogP contribution is 2.36. The minimum atomic E-state index is -4.13. The van der Waals surface area contributed by atoms with Crippen LogP contribution < -0.4 is 5.73 Å². The predicted octanol–water partition coefficient (Wildman–Crippen LogP) is 2.08. The van der Waals surface area contributed by atoms with Gasteiger partial charge in [-0.2, -0.15) is 18.3 Å². The lowest BCUT2D eigenvalue weighted by atomic mass is 9.93. The number of nitrogens with two attached hydrogens (primary N) is 1. The molecule has 3 unspecified atom stereocenters. The predicted molar refractivity (Wildman–Crippen MR) is 70.0 cm³/mol. The first-order chi connectivity index (χ1) is 9.29. The molecule has 1 aliphatic rings. The molecule has 20 heavy (non-hydrogen) atoms. The average molecular weight is 290 g/mol. The van der Waals surface area contributed by atoms with Crippen molar-refractivity contribution in [3.8, 4) is 0 Å². The van der Waals surface area contributed by atoms with Crippen LogP contribution in [0, 0.1) is 5.92 Å². The van der Waals surface area contributed by atoms with Crippen molar-refractivity contribution in [1.29, 1.82) is 0 Å². The lowest BCUT2D eigenvalue weighted by Gasteiger charge is -2.40. The Kier molecular flexibility index (Phi) is 4.39. The van der Waals surface area contributed by atoms with Crippen LogP contribution in [0.4, 0.5) is 13.2 Å². The van der Waals surface area contributed by atoms with E-state index in [0.717, 1.165) is 5.56 Å². The first kappa shape index (κ1) is 15.3. The lowest BCUT2D eigenvalue weighted by Crippen LogP contribution is -2.47. The van der Waals surface area contributed by atoms with Crippen LogP contribution in [0.3, 0.4) is 0 Å². The highest BCUT2D eigenvalue weighted by molar-refractivity contribution is 5.13.